The third-order valence-electron chi connectivity index (χ3n) is 1.89. The van der Waals surface area contributed by atoms with Crippen LogP contribution in [0.1, 0.15) is 4.88 Å². The van der Waals surface area contributed by atoms with Gasteiger partial charge in [-0.25, -0.2) is 0 Å². The molecular formula is C11H8BrClOS. The molecule has 0 N–H and O–H groups in total. The van der Waals surface area contributed by atoms with E-state index in [9.17, 15) is 0 Å². The van der Waals surface area contributed by atoms with Crippen LogP contribution >= 0.6 is 38.9 Å². The second-order valence-electron chi connectivity index (χ2n) is 2.91. The monoisotopic (exact) mass is 302 g/mol. The zero-order chi connectivity index (χ0) is 10.7. The van der Waals surface area contributed by atoms with Crippen LogP contribution in [0.25, 0.3) is 0 Å². The van der Waals surface area contributed by atoms with Crippen molar-refractivity contribution in [3.05, 3.63) is 50.1 Å². The van der Waals surface area contributed by atoms with Gasteiger partial charge < -0.3 is 4.74 Å². The maximum atomic E-state index is 5.97. The number of benzene rings is 1. The Labute approximate surface area is 106 Å². The molecule has 0 fully saturated rings. The first-order valence-electron chi connectivity index (χ1n) is 4.36. The van der Waals surface area contributed by atoms with Crippen molar-refractivity contribution in [1.82, 2.24) is 0 Å². The van der Waals surface area contributed by atoms with Gasteiger partial charge in [-0.2, -0.15) is 0 Å². The molecule has 1 heterocycles. The van der Waals surface area contributed by atoms with E-state index >= 15 is 0 Å². The van der Waals surface area contributed by atoms with Gasteiger partial charge in [0.2, 0.25) is 0 Å². The molecule has 0 unspecified atom stereocenters. The zero-order valence-corrected chi connectivity index (χ0v) is 10.9. The van der Waals surface area contributed by atoms with Crippen molar-refractivity contribution in [3.63, 3.8) is 0 Å². The minimum Gasteiger partial charge on any atom is -0.486 e. The van der Waals surface area contributed by atoms with Gasteiger partial charge in [-0.15, -0.1) is 11.3 Å². The van der Waals surface area contributed by atoms with Crippen molar-refractivity contribution < 1.29 is 4.74 Å². The van der Waals surface area contributed by atoms with Gasteiger partial charge in [0.15, 0.2) is 0 Å². The highest BCUT2D eigenvalue weighted by atomic mass is 79.9. The standard InChI is InChI=1S/C11H8BrClOS/c12-8-5-6-15-11(8)7-14-10-4-2-1-3-9(10)13/h1-6H,7H2. The normalized spacial score (nSPS) is 10.3. The largest absolute Gasteiger partial charge is 0.486 e. The molecule has 0 radical (unpaired) electrons. The molecule has 1 aromatic carbocycles. The molecule has 4 heteroatoms. The van der Waals surface area contributed by atoms with Crippen LogP contribution in [0.15, 0.2) is 40.2 Å². The zero-order valence-electron chi connectivity index (χ0n) is 7.74. The summed E-state index contributed by atoms with van der Waals surface area (Å²) in [6.45, 7) is 0.544. The molecular weight excluding hydrogens is 296 g/mol. The van der Waals surface area contributed by atoms with Crippen molar-refractivity contribution >= 4 is 38.9 Å². The Bertz CT molecular complexity index is 455. The van der Waals surface area contributed by atoms with Crippen LogP contribution in [0.3, 0.4) is 0 Å². The molecule has 2 rings (SSSR count). The van der Waals surface area contributed by atoms with E-state index in [1.807, 2.05) is 35.7 Å². The first kappa shape index (κ1) is 11.0. The van der Waals surface area contributed by atoms with E-state index in [0.29, 0.717) is 11.6 Å². The van der Waals surface area contributed by atoms with E-state index in [1.165, 1.54) is 0 Å². The summed E-state index contributed by atoms with van der Waals surface area (Å²) in [5, 5.41) is 2.67. The SMILES string of the molecule is Clc1ccccc1OCc1sccc1Br. The lowest BCUT2D eigenvalue weighted by Gasteiger charge is -2.06. The number of para-hydroxylation sites is 1. The summed E-state index contributed by atoms with van der Waals surface area (Å²) in [6, 6.07) is 9.49. The van der Waals surface area contributed by atoms with Crippen molar-refractivity contribution in [2.75, 3.05) is 0 Å². The Morgan fingerprint density at radius 3 is 2.73 bits per heavy atom. The van der Waals surface area contributed by atoms with Gasteiger partial charge in [0.05, 0.1) is 9.90 Å². The predicted molar refractivity (Wildman–Crippen MR) is 67.8 cm³/mol. The fourth-order valence-corrected chi connectivity index (χ4v) is 2.70. The van der Waals surface area contributed by atoms with Gasteiger partial charge >= 0.3 is 0 Å². The molecule has 2 aromatic rings. The lowest BCUT2D eigenvalue weighted by molar-refractivity contribution is 0.309. The molecule has 0 bridgehead atoms. The second-order valence-corrected chi connectivity index (χ2v) is 5.17. The summed E-state index contributed by atoms with van der Waals surface area (Å²) in [5.41, 5.74) is 0. The molecule has 78 valence electrons. The Balaban J connectivity index is 2.06. The fraction of sp³-hybridized carbons (Fsp3) is 0.0909. The number of hydrogen-bond acceptors (Lipinski definition) is 2. The average molecular weight is 304 g/mol. The van der Waals surface area contributed by atoms with Crippen LogP contribution in [-0.4, -0.2) is 0 Å². The fourth-order valence-electron chi connectivity index (χ4n) is 1.13. The number of halogens is 2. The molecule has 0 saturated heterocycles. The Hall–Kier alpha value is -0.510. The number of hydrogen-bond donors (Lipinski definition) is 0. The maximum absolute atomic E-state index is 5.97. The van der Waals surface area contributed by atoms with E-state index in [0.717, 1.165) is 15.1 Å². The van der Waals surface area contributed by atoms with Crippen molar-refractivity contribution in [3.8, 4) is 5.75 Å². The summed E-state index contributed by atoms with van der Waals surface area (Å²) in [5.74, 6) is 0.722. The van der Waals surface area contributed by atoms with Gasteiger partial charge in [0.25, 0.3) is 0 Å². The summed E-state index contributed by atoms with van der Waals surface area (Å²) >= 11 is 11.1. The van der Waals surface area contributed by atoms with Crippen LogP contribution < -0.4 is 4.74 Å². The highest BCUT2D eigenvalue weighted by Crippen LogP contribution is 2.27. The van der Waals surface area contributed by atoms with Crippen LogP contribution in [0.5, 0.6) is 5.75 Å². The predicted octanol–water partition coefficient (Wildman–Crippen LogP) is 4.74. The maximum Gasteiger partial charge on any atom is 0.138 e. The number of thiophene rings is 1. The van der Waals surface area contributed by atoms with Gasteiger partial charge in [-0.1, -0.05) is 23.7 Å². The molecule has 15 heavy (non-hydrogen) atoms. The van der Waals surface area contributed by atoms with Crippen molar-refractivity contribution in [2.45, 2.75) is 6.61 Å². The molecule has 1 nitrogen and oxygen atoms in total. The van der Waals surface area contributed by atoms with E-state index in [1.54, 1.807) is 11.3 Å². The number of ether oxygens (including phenoxy) is 1. The van der Waals surface area contributed by atoms with Gasteiger partial charge in [0, 0.05) is 4.47 Å². The highest BCUT2D eigenvalue weighted by Gasteiger charge is 2.04. The molecule has 0 aliphatic rings. The summed E-state index contributed by atoms with van der Waals surface area (Å²) in [6.07, 6.45) is 0. The Morgan fingerprint density at radius 2 is 2.07 bits per heavy atom. The minimum atomic E-state index is 0.544. The summed E-state index contributed by atoms with van der Waals surface area (Å²) < 4.78 is 6.69. The second kappa shape index (κ2) is 5.01. The van der Waals surface area contributed by atoms with Gasteiger partial charge in [0.1, 0.15) is 12.4 Å². The van der Waals surface area contributed by atoms with E-state index < -0.39 is 0 Å². The summed E-state index contributed by atoms with van der Waals surface area (Å²) in [4.78, 5) is 1.16. The molecule has 0 spiro atoms. The van der Waals surface area contributed by atoms with Crippen LogP contribution in [-0.2, 0) is 6.61 Å². The third kappa shape index (κ3) is 2.74. The first-order valence-corrected chi connectivity index (χ1v) is 6.41. The minimum absolute atomic E-state index is 0.544. The van der Waals surface area contributed by atoms with Crippen LogP contribution in [0, 0.1) is 0 Å². The van der Waals surface area contributed by atoms with E-state index in [4.69, 9.17) is 16.3 Å². The first-order chi connectivity index (χ1) is 7.27. The van der Waals surface area contributed by atoms with Crippen molar-refractivity contribution in [1.29, 1.82) is 0 Å². The lowest BCUT2D eigenvalue weighted by Crippen LogP contribution is -1.93. The topological polar surface area (TPSA) is 9.23 Å². The van der Waals surface area contributed by atoms with Crippen molar-refractivity contribution in [2.24, 2.45) is 0 Å². The Morgan fingerprint density at radius 1 is 1.27 bits per heavy atom. The molecule has 0 amide bonds. The Kier molecular flexibility index (Phi) is 3.67. The van der Waals surface area contributed by atoms with E-state index in [2.05, 4.69) is 15.9 Å². The smallest absolute Gasteiger partial charge is 0.138 e. The quantitative estimate of drug-likeness (QED) is 0.795. The van der Waals surface area contributed by atoms with E-state index in [-0.39, 0.29) is 0 Å². The van der Waals surface area contributed by atoms with Gasteiger partial charge in [-0.05, 0) is 39.5 Å². The molecule has 0 aliphatic heterocycles. The summed E-state index contributed by atoms with van der Waals surface area (Å²) in [7, 11) is 0. The number of rotatable bonds is 3. The molecule has 1 aromatic heterocycles. The van der Waals surface area contributed by atoms with Gasteiger partial charge in [-0.3, -0.25) is 0 Å². The molecule has 0 atom stereocenters. The third-order valence-corrected chi connectivity index (χ3v) is 4.10. The van der Waals surface area contributed by atoms with Crippen LogP contribution in [0.4, 0.5) is 0 Å². The lowest BCUT2D eigenvalue weighted by atomic mass is 10.3. The van der Waals surface area contributed by atoms with Crippen LogP contribution in [0.2, 0.25) is 5.02 Å². The molecule has 0 saturated carbocycles. The average Bonchev–Trinajstić information content (AvgIpc) is 2.63. The highest BCUT2D eigenvalue weighted by molar-refractivity contribution is 9.10. The molecule has 0 aliphatic carbocycles.